The van der Waals surface area contributed by atoms with Gasteiger partial charge in [0.05, 0.1) is 16.4 Å². The summed E-state index contributed by atoms with van der Waals surface area (Å²) in [6.45, 7) is 3.25. The highest BCUT2D eigenvalue weighted by Crippen LogP contribution is 2.25. The summed E-state index contributed by atoms with van der Waals surface area (Å²) in [4.78, 5) is 26.6. The Morgan fingerprint density at radius 2 is 2.12 bits per heavy atom. The molecule has 5 heteroatoms. The number of hydrogen-bond acceptors (Lipinski definition) is 4. The molecule has 0 N–H and O–H groups in total. The van der Waals surface area contributed by atoms with Crippen LogP contribution in [0.25, 0.3) is 0 Å². The zero-order valence-corrected chi connectivity index (χ0v) is 11.3. The van der Waals surface area contributed by atoms with Crippen molar-refractivity contribution in [2.45, 2.75) is 13.3 Å². The van der Waals surface area contributed by atoms with Crippen LogP contribution in [0.3, 0.4) is 0 Å². The maximum Gasteiger partial charge on any atom is 0.241 e. The molecule has 0 aliphatic rings. The van der Waals surface area contributed by atoms with Crippen molar-refractivity contribution in [3.8, 4) is 0 Å². The summed E-state index contributed by atoms with van der Waals surface area (Å²) < 4.78 is 0. The molecular formula is C12H18N2O2S. The van der Waals surface area contributed by atoms with Crippen molar-refractivity contribution in [1.82, 2.24) is 4.90 Å². The lowest BCUT2D eigenvalue weighted by molar-refractivity contribution is -0.127. The van der Waals surface area contributed by atoms with Gasteiger partial charge in [0.25, 0.3) is 0 Å². The molecule has 0 saturated carbocycles. The van der Waals surface area contributed by atoms with Crippen molar-refractivity contribution in [1.29, 1.82) is 0 Å². The molecule has 0 unspecified atom stereocenters. The summed E-state index contributed by atoms with van der Waals surface area (Å²) in [6.07, 6.45) is 1.81. The first-order chi connectivity index (χ1) is 8.08. The molecule has 0 aliphatic carbocycles. The van der Waals surface area contributed by atoms with Crippen molar-refractivity contribution in [3.63, 3.8) is 0 Å². The zero-order chi connectivity index (χ0) is 12.8. The summed E-state index contributed by atoms with van der Waals surface area (Å²) in [6, 6.07) is 3.68. The van der Waals surface area contributed by atoms with Gasteiger partial charge >= 0.3 is 0 Å². The zero-order valence-electron chi connectivity index (χ0n) is 10.5. The number of carbonyl (C=O) groups is 2. The van der Waals surface area contributed by atoms with Gasteiger partial charge in [-0.1, -0.05) is 6.92 Å². The van der Waals surface area contributed by atoms with Gasteiger partial charge in [-0.25, -0.2) is 0 Å². The third kappa shape index (κ3) is 3.85. The van der Waals surface area contributed by atoms with E-state index in [1.165, 1.54) is 11.3 Å². The van der Waals surface area contributed by atoms with Crippen LogP contribution in [0.4, 0.5) is 5.00 Å². The Balaban J connectivity index is 2.77. The van der Waals surface area contributed by atoms with E-state index < -0.39 is 0 Å². The maximum absolute atomic E-state index is 11.7. The largest absolute Gasteiger partial charge is 0.354 e. The van der Waals surface area contributed by atoms with Crippen LogP contribution in [0.2, 0.25) is 0 Å². The van der Waals surface area contributed by atoms with Crippen molar-refractivity contribution >= 4 is 28.5 Å². The minimum Gasteiger partial charge on any atom is -0.354 e. The normalized spacial score (nSPS) is 10.1. The van der Waals surface area contributed by atoms with Crippen LogP contribution in [0.1, 0.15) is 23.0 Å². The van der Waals surface area contributed by atoms with Crippen LogP contribution in [0, 0.1) is 0 Å². The predicted molar refractivity (Wildman–Crippen MR) is 70.9 cm³/mol. The van der Waals surface area contributed by atoms with Gasteiger partial charge in [0.1, 0.15) is 0 Å². The van der Waals surface area contributed by atoms with E-state index in [9.17, 15) is 9.59 Å². The molecule has 0 spiro atoms. The van der Waals surface area contributed by atoms with Gasteiger partial charge in [-0.3, -0.25) is 9.59 Å². The van der Waals surface area contributed by atoms with E-state index in [0.29, 0.717) is 11.4 Å². The number of thiophene rings is 1. The first-order valence-electron chi connectivity index (χ1n) is 5.58. The fourth-order valence-corrected chi connectivity index (χ4v) is 2.26. The van der Waals surface area contributed by atoms with Gasteiger partial charge in [-0.2, -0.15) is 0 Å². The Morgan fingerprint density at radius 3 is 2.59 bits per heavy atom. The van der Waals surface area contributed by atoms with Gasteiger partial charge in [-0.15, -0.1) is 11.3 Å². The Labute approximate surface area is 106 Å². The monoisotopic (exact) mass is 254 g/mol. The molecule has 0 bridgehead atoms. The Bertz CT molecular complexity index is 388. The van der Waals surface area contributed by atoms with Gasteiger partial charge in [0, 0.05) is 20.6 Å². The second-order valence-electron chi connectivity index (χ2n) is 4.00. The van der Waals surface area contributed by atoms with E-state index in [2.05, 4.69) is 6.92 Å². The van der Waals surface area contributed by atoms with Crippen LogP contribution in [0.15, 0.2) is 12.1 Å². The first kappa shape index (κ1) is 13.7. The molecule has 94 valence electrons. The Kier molecular flexibility index (Phi) is 5.15. The van der Waals surface area contributed by atoms with E-state index in [-0.39, 0.29) is 5.91 Å². The topological polar surface area (TPSA) is 40.6 Å². The summed E-state index contributed by atoms with van der Waals surface area (Å²) in [7, 11) is 3.50. The molecule has 1 aromatic heterocycles. The smallest absolute Gasteiger partial charge is 0.241 e. The highest BCUT2D eigenvalue weighted by molar-refractivity contribution is 7.17. The van der Waals surface area contributed by atoms with Crippen LogP contribution >= 0.6 is 11.3 Å². The van der Waals surface area contributed by atoms with Gasteiger partial charge in [0.2, 0.25) is 5.91 Å². The predicted octanol–water partition coefficient (Wildman–Crippen LogP) is 1.87. The van der Waals surface area contributed by atoms with E-state index in [4.69, 9.17) is 0 Å². The summed E-state index contributed by atoms with van der Waals surface area (Å²) in [5.41, 5.74) is 0. The Hall–Kier alpha value is -1.36. The van der Waals surface area contributed by atoms with Crippen molar-refractivity contribution in [2.24, 2.45) is 0 Å². The number of amides is 1. The third-order valence-corrected chi connectivity index (χ3v) is 3.43. The van der Waals surface area contributed by atoms with Gasteiger partial charge in [-0.05, 0) is 18.6 Å². The number of aldehydes is 1. The summed E-state index contributed by atoms with van der Waals surface area (Å²) >= 11 is 1.42. The van der Waals surface area contributed by atoms with Crippen LogP contribution in [0.5, 0.6) is 0 Å². The summed E-state index contributed by atoms with van der Waals surface area (Å²) in [5, 5.41) is 0.976. The molecule has 0 aromatic carbocycles. The molecule has 0 radical (unpaired) electrons. The standard InChI is InChI=1S/C12H18N2O2S/c1-4-7-14(8-11(16)13(2)3)12-6-5-10(9-15)17-12/h5-6,9H,4,7-8H2,1-3H3. The highest BCUT2D eigenvalue weighted by Gasteiger charge is 2.14. The fraction of sp³-hybridized carbons (Fsp3) is 0.500. The van der Waals surface area contributed by atoms with Crippen molar-refractivity contribution < 1.29 is 9.59 Å². The number of rotatable bonds is 6. The van der Waals surface area contributed by atoms with Crippen LogP contribution in [-0.2, 0) is 4.79 Å². The number of anilines is 1. The van der Waals surface area contributed by atoms with Crippen LogP contribution in [-0.4, -0.2) is 44.3 Å². The van der Waals surface area contributed by atoms with Gasteiger partial charge in [0.15, 0.2) is 6.29 Å². The molecule has 1 amide bonds. The quantitative estimate of drug-likeness (QED) is 0.728. The first-order valence-corrected chi connectivity index (χ1v) is 6.40. The molecule has 1 heterocycles. The molecular weight excluding hydrogens is 236 g/mol. The van der Waals surface area contributed by atoms with Crippen LogP contribution < -0.4 is 4.90 Å². The number of nitrogens with zero attached hydrogens (tertiary/aromatic N) is 2. The maximum atomic E-state index is 11.7. The fourth-order valence-electron chi connectivity index (χ4n) is 1.42. The Morgan fingerprint density at radius 1 is 1.41 bits per heavy atom. The number of hydrogen-bond donors (Lipinski definition) is 0. The average molecular weight is 254 g/mol. The highest BCUT2D eigenvalue weighted by atomic mass is 32.1. The average Bonchev–Trinajstić information content (AvgIpc) is 2.76. The molecule has 0 fully saturated rings. The van der Waals surface area contributed by atoms with E-state index in [1.807, 2.05) is 11.0 Å². The lowest BCUT2D eigenvalue weighted by Crippen LogP contribution is -2.36. The van der Waals surface area contributed by atoms with Gasteiger partial charge < -0.3 is 9.80 Å². The lowest BCUT2D eigenvalue weighted by Gasteiger charge is -2.23. The van der Waals surface area contributed by atoms with Crippen molar-refractivity contribution in [2.75, 3.05) is 32.1 Å². The minimum absolute atomic E-state index is 0.0690. The van der Waals surface area contributed by atoms with Crippen molar-refractivity contribution in [3.05, 3.63) is 17.0 Å². The SMILES string of the molecule is CCCN(CC(=O)N(C)C)c1ccc(C=O)s1. The lowest BCUT2D eigenvalue weighted by atomic mass is 10.4. The second-order valence-corrected chi connectivity index (χ2v) is 5.10. The molecule has 0 saturated heterocycles. The number of likely N-dealkylation sites (N-methyl/N-ethyl adjacent to an activating group) is 1. The molecule has 0 aliphatic heterocycles. The molecule has 1 aromatic rings. The molecule has 4 nitrogen and oxygen atoms in total. The molecule has 0 atom stereocenters. The molecule has 1 rings (SSSR count). The molecule has 17 heavy (non-hydrogen) atoms. The summed E-state index contributed by atoms with van der Waals surface area (Å²) in [5.74, 6) is 0.0690. The van der Waals surface area contributed by atoms with E-state index in [0.717, 1.165) is 24.3 Å². The minimum atomic E-state index is 0.0690. The van der Waals surface area contributed by atoms with E-state index in [1.54, 1.807) is 25.1 Å². The second kappa shape index (κ2) is 6.39. The third-order valence-electron chi connectivity index (χ3n) is 2.36. The number of carbonyl (C=O) groups excluding carboxylic acids is 2. The van der Waals surface area contributed by atoms with E-state index >= 15 is 0 Å².